The minimum Gasteiger partial charge on any atom is -0.493 e. The third kappa shape index (κ3) is 2.59. The fraction of sp³-hybridized carbons (Fsp3) is 0.500. The van der Waals surface area contributed by atoms with Crippen LogP contribution in [-0.2, 0) is 0 Å². The van der Waals surface area contributed by atoms with Gasteiger partial charge in [0.1, 0.15) is 5.75 Å². The summed E-state index contributed by atoms with van der Waals surface area (Å²) in [5.74, 6) is 1.06. The van der Waals surface area contributed by atoms with Crippen molar-refractivity contribution in [3.05, 3.63) is 41.5 Å². The summed E-state index contributed by atoms with van der Waals surface area (Å²) in [4.78, 5) is 0. The van der Waals surface area contributed by atoms with Crippen molar-refractivity contribution in [2.75, 3.05) is 13.2 Å². The van der Waals surface area contributed by atoms with Crippen molar-refractivity contribution in [1.29, 1.82) is 0 Å². The molecule has 0 spiro atoms. The molecule has 1 aliphatic heterocycles. The van der Waals surface area contributed by atoms with Gasteiger partial charge >= 0.3 is 0 Å². The molecule has 1 unspecified atom stereocenters. The molecule has 0 radical (unpaired) electrons. The Bertz CT molecular complexity index is 438. The third-order valence-corrected chi connectivity index (χ3v) is 3.93. The van der Waals surface area contributed by atoms with Gasteiger partial charge in [-0.2, -0.15) is 0 Å². The van der Waals surface area contributed by atoms with Gasteiger partial charge in [-0.3, -0.25) is 0 Å². The molecule has 1 N–H and O–H groups in total. The Kier molecular flexibility index (Phi) is 3.65. The highest BCUT2D eigenvalue weighted by molar-refractivity contribution is 5.37. The van der Waals surface area contributed by atoms with Gasteiger partial charge < -0.3 is 10.1 Å². The molecule has 0 saturated carbocycles. The van der Waals surface area contributed by atoms with Gasteiger partial charge in [0.05, 0.1) is 6.61 Å². The van der Waals surface area contributed by atoms with Crippen LogP contribution in [0.25, 0.3) is 0 Å². The van der Waals surface area contributed by atoms with Crippen LogP contribution in [0, 0.1) is 0 Å². The van der Waals surface area contributed by atoms with E-state index in [2.05, 4.69) is 29.6 Å². The van der Waals surface area contributed by atoms with E-state index < -0.39 is 0 Å². The molecule has 1 heterocycles. The molecule has 0 aromatic heterocycles. The van der Waals surface area contributed by atoms with E-state index in [1.165, 1.54) is 31.2 Å². The zero-order valence-corrected chi connectivity index (χ0v) is 10.8. The molecule has 1 aromatic carbocycles. The summed E-state index contributed by atoms with van der Waals surface area (Å²) in [5.41, 5.74) is 2.96. The molecular weight excluding hydrogens is 222 g/mol. The highest BCUT2D eigenvalue weighted by atomic mass is 16.5. The number of rotatable bonds is 4. The van der Waals surface area contributed by atoms with Gasteiger partial charge in [-0.25, -0.2) is 0 Å². The summed E-state index contributed by atoms with van der Waals surface area (Å²) in [6.07, 6.45) is 8.66. The van der Waals surface area contributed by atoms with Gasteiger partial charge in [-0.15, -0.1) is 0 Å². The zero-order chi connectivity index (χ0) is 12.2. The fourth-order valence-corrected chi connectivity index (χ4v) is 2.93. The van der Waals surface area contributed by atoms with E-state index >= 15 is 0 Å². The van der Waals surface area contributed by atoms with Crippen LogP contribution in [-0.4, -0.2) is 13.2 Å². The summed E-state index contributed by atoms with van der Waals surface area (Å²) < 4.78 is 5.68. The molecule has 3 rings (SSSR count). The number of hydrogen-bond acceptors (Lipinski definition) is 2. The Morgan fingerprint density at radius 2 is 2.22 bits per heavy atom. The van der Waals surface area contributed by atoms with Crippen LogP contribution >= 0.6 is 0 Å². The highest BCUT2D eigenvalue weighted by Crippen LogP contribution is 2.31. The van der Waals surface area contributed by atoms with E-state index in [9.17, 15) is 0 Å². The van der Waals surface area contributed by atoms with Crippen LogP contribution in [0.4, 0.5) is 0 Å². The number of fused-ring (bicyclic) bond motifs is 1. The van der Waals surface area contributed by atoms with Crippen molar-refractivity contribution in [1.82, 2.24) is 5.32 Å². The predicted molar refractivity (Wildman–Crippen MR) is 73.8 cm³/mol. The number of para-hydroxylation sites is 1. The van der Waals surface area contributed by atoms with Crippen molar-refractivity contribution in [3.8, 4) is 5.75 Å². The maximum Gasteiger partial charge on any atom is 0.124 e. The number of hydrogen-bond donors (Lipinski definition) is 1. The molecule has 1 aliphatic carbocycles. The molecule has 0 saturated heterocycles. The Morgan fingerprint density at radius 3 is 3.11 bits per heavy atom. The molecule has 2 aliphatic rings. The Balaban J connectivity index is 1.57. The number of nitrogens with one attached hydrogen (secondary N) is 1. The molecule has 0 fully saturated rings. The summed E-state index contributed by atoms with van der Waals surface area (Å²) in [7, 11) is 0. The lowest BCUT2D eigenvalue weighted by Crippen LogP contribution is -2.27. The quantitative estimate of drug-likeness (QED) is 0.816. The van der Waals surface area contributed by atoms with Gasteiger partial charge in [-0.05, 0) is 38.3 Å². The molecule has 18 heavy (non-hydrogen) atoms. The largest absolute Gasteiger partial charge is 0.493 e. The van der Waals surface area contributed by atoms with Crippen LogP contribution in [0.1, 0.15) is 43.7 Å². The molecular formula is C16H21NO. The number of allylic oxidation sites excluding steroid dienone is 1. The minimum atomic E-state index is 0.469. The van der Waals surface area contributed by atoms with Crippen molar-refractivity contribution in [2.24, 2.45) is 0 Å². The van der Waals surface area contributed by atoms with Crippen LogP contribution in [0.2, 0.25) is 0 Å². The zero-order valence-electron chi connectivity index (χ0n) is 10.8. The Labute approximate surface area is 109 Å². The highest BCUT2D eigenvalue weighted by Gasteiger charge is 2.20. The second-order valence-corrected chi connectivity index (χ2v) is 5.19. The van der Waals surface area contributed by atoms with Crippen molar-refractivity contribution < 1.29 is 4.74 Å². The van der Waals surface area contributed by atoms with Gasteiger partial charge in [0.25, 0.3) is 0 Å². The molecule has 2 nitrogen and oxygen atoms in total. The molecule has 96 valence electrons. The van der Waals surface area contributed by atoms with E-state index in [1.54, 1.807) is 5.57 Å². The van der Waals surface area contributed by atoms with Gasteiger partial charge in [-0.1, -0.05) is 29.8 Å². The van der Waals surface area contributed by atoms with E-state index in [0.29, 0.717) is 6.04 Å². The topological polar surface area (TPSA) is 21.3 Å². The minimum absolute atomic E-state index is 0.469. The van der Waals surface area contributed by atoms with Gasteiger partial charge in [0.15, 0.2) is 0 Å². The SMILES string of the molecule is C1=C(CCNC2CCOc3ccccc32)CCC1. The van der Waals surface area contributed by atoms with Crippen LogP contribution in [0.3, 0.4) is 0 Å². The lowest BCUT2D eigenvalue weighted by molar-refractivity contribution is 0.253. The first-order chi connectivity index (χ1) is 8.93. The Morgan fingerprint density at radius 1 is 1.28 bits per heavy atom. The second-order valence-electron chi connectivity index (χ2n) is 5.19. The maximum atomic E-state index is 5.68. The lowest BCUT2D eigenvalue weighted by atomic mass is 10.0. The van der Waals surface area contributed by atoms with Crippen LogP contribution in [0.15, 0.2) is 35.9 Å². The van der Waals surface area contributed by atoms with E-state index in [0.717, 1.165) is 25.3 Å². The normalized spacial score (nSPS) is 22.2. The van der Waals surface area contributed by atoms with Gasteiger partial charge in [0, 0.05) is 18.0 Å². The van der Waals surface area contributed by atoms with Crippen LogP contribution < -0.4 is 10.1 Å². The maximum absolute atomic E-state index is 5.68. The van der Waals surface area contributed by atoms with Crippen molar-refractivity contribution in [2.45, 2.75) is 38.1 Å². The fourth-order valence-electron chi connectivity index (χ4n) is 2.93. The van der Waals surface area contributed by atoms with Crippen molar-refractivity contribution in [3.63, 3.8) is 0 Å². The summed E-state index contributed by atoms with van der Waals surface area (Å²) >= 11 is 0. The predicted octanol–water partition coefficient (Wildman–Crippen LogP) is 3.60. The number of ether oxygens (including phenoxy) is 1. The van der Waals surface area contributed by atoms with Gasteiger partial charge in [0.2, 0.25) is 0 Å². The molecule has 2 heteroatoms. The van der Waals surface area contributed by atoms with E-state index in [1.807, 2.05) is 6.07 Å². The summed E-state index contributed by atoms with van der Waals surface area (Å²) in [6, 6.07) is 8.87. The lowest BCUT2D eigenvalue weighted by Gasteiger charge is -2.26. The monoisotopic (exact) mass is 243 g/mol. The van der Waals surface area contributed by atoms with Crippen LogP contribution in [0.5, 0.6) is 5.75 Å². The second kappa shape index (κ2) is 5.57. The van der Waals surface area contributed by atoms with E-state index in [-0.39, 0.29) is 0 Å². The first kappa shape index (κ1) is 11.8. The average molecular weight is 243 g/mol. The Hall–Kier alpha value is -1.28. The summed E-state index contributed by atoms with van der Waals surface area (Å²) in [5, 5.41) is 3.68. The average Bonchev–Trinajstić information content (AvgIpc) is 2.92. The smallest absolute Gasteiger partial charge is 0.124 e. The third-order valence-electron chi connectivity index (χ3n) is 3.93. The van der Waals surface area contributed by atoms with Crippen molar-refractivity contribution >= 4 is 0 Å². The standard InChI is InChI=1S/C16H21NO/c1-2-6-13(5-1)9-11-17-15-10-12-18-16-8-4-3-7-14(15)16/h3-5,7-8,15,17H,1-2,6,9-12H2. The first-order valence-electron chi connectivity index (χ1n) is 7.06. The number of benzene rings is 1. The molecule has 0 bridgehead atoms. The first-order valence-corrected chi connectivity index (χ1v) is 7.06. The molecule has 1 aromatic rings. The molecule has 0 amide bonds. The molecule has 1 atom stereocenters. The van der Waals surface area contributed by atoms with E-state index in [4.69, 9.17) is 4.74 Å². The summed E-state index contributed by atoms with van der Waals surface area (Å²) in [6.45, 7) is 1.92.